The number of nitrogens with zero attached hydrogens (tertiary/aromatic N) is 2. The number of benzene rings is 2. The average Bonchev–Trinajstić information content (AvgIpc) is 4.14. The molecule has 0 radical (unpaired) electrons. The highest BCUT2D eigenvalue weighted by molar-refractivity contribution is 5.76. The first-order valence-electron chi connectivity index (χ1n) is 19.6. The Kier molecular flexibility index (Phi) is 13.2. The summed E-state index contributed by atoms with van der Waals surface area (Å²) >= 11 is 0. The van der Waals surface area contributed by atoms with Crippen molar-refractivity contribution in [1.29, 1.82) is 0 Å². The minimum absolute atomic E-state index is 0.0986. The van der Waals surface area contributed by atoms with Crippen LogP contribution in [0.1, 0.15) is 99.3 Å². The minimum atomic E-state index is -1.74. The first kappa shape index (κ1) is 39.3. The van der Waals surface area contributed by atoms with Crippen LogP contribution < -0.4 is 4.74 Å². The average molecular weight is 731 g/mol. The van der Waals surface area contributed by atoms with E-state index in [2.05, 4.69) is 67.5 Å². The number of carbonyl (C=O) groups excluding carboxylic acids is 1. The van der Waals surface area contributed by atoms with Crippen LogP contribution in [0, 0.1) is 6.92 Å². The maximum atomic E-state index is 13.6. The second kappa shape index (κ2) is 17.8. The molecule has 2 aromatic carbocycles. The van der Waals surface area contributed by atoms with Gasteiger partial charge < -0.3 is 39.9 Å². The molecule has 2 aliphatic carbocycles. The summed E-state index contributed by atoms with van der Waals surface area (Å²) in [6.45, 7) is 4.45. The fourth-order valence-electron chi connectivity index (χ4n) is 7.85. The number of aromatic nitrogens is 1. The van der Waals surface area contributed by atoms with Crippen LogP contribution in [0.4, 0.5) is 0 Å². The lowest BCUT2D eigenvalue weighted by Gasteiger charge is -2.37. The van der Waals surface area contributed by atoms with E-state index < -0.39 is 31.0 Å². The molecule has 3 aromatic rings. The van der Waals surface area contributed by atoms with Gasteiger partial charge in [0, 0.05) is 50.2 Å². The van der Waals surface area contributed by atoms with Crippen molar-refractivity contribution in [2.24, 2.45) is 0 Å². The van der Waals surface area contributed by atoms with Crippen LogP contribution >= 0.6 is 0 Å². The first-order valence-corrected chi connectivity index (χ1v) is 19.6. The third-order valence-electron chi connectivity index (χ3n) is 11.7. The Labute approximate surface area is 313 Å². The number of amides is 1. The van der Waals surface area contributed by atoms with Gasteiger partial charge >= 0.3 is 0 Å². The van der Waals surface area contributed by atoms with E-state index in [1.54, 1.807) is 4.90 Å². The molecule has 1 aliphatic heterocycles. The van der Waals surface area contributed by atoms with E-state index in [1.807, 2.05) is 12.3 Å². The number of carbonyl (C=O) groups is 1. The van der Waals surface area contributed by atoms with Gasteiger partial charge in [0.15, 0.2) is 0 Å². The van der Waals surface area contributed by atoms with Crippen LogP contribution in [0.3, 0.4) is 0 Å². The molecule has 1 saturated heterocycles. The zero-order valence-electron chi connectivity index (χ0n) is 31.3. The summed E-state index contributed by atoms with van der Waals surface area (Å²) in [5, 5.41) is 50.2. The van der Waals surface area contributed by atoms with Gasteiger partial charge in [-0.2, -0.15) is 0 Å². The monoisotopic (exact) mass is 730 g/mol. The Bertz CT molecular complexity index is 1650. The molecule has 2 saturated carbocycles. The SMILES string of the molecule is Cc1ccc(C(C)CCCC(=O)N(C[C@H](O)[C@@H](O)[C@H](O)[C@H](O)CO)C2CCOCC2)cc1CCC1(c2cnccc2-c2ccccc2OC2CC2)CC1. The summed E-state index contributed by atoms with van der Waals surface area (Å²) in [5.41, 5.74) is 7.68. The maximum absolute atomic E-state index is 13.6. The Hall–Kier alpha value is -3.38. The van der Waals surface area contributed by atoms with E-state index in [1.165, 1.54) is 27.8 Å². The molecule has 0 bridgehead atoms. The summed E-state index contributed by atoms with van der Waals surface area (Å²) in [4.78, 5) is 19.8. The molecule has 10 heteroatoms. The van der Waals surface area contributed by atoms with E-state index in [4.69, 9.17) is 14.6 Å². The molecule has 1 unspecified atom stereocenters. The van der Waals surface area contributed by atoms with E-state index in [0.717, 1.165) is 56.3 Å². The number of aryl methyl sites for hydroxylation is 2. The predicted octanol–water partition coefficient (Wildman–Crippen LogP) is 4.98. The molecular weight excluding hydrogens is 672 g/mol. The largest absolute Gasteiger partial charge is 0.490 e. The number of ether oxygens (including phenoxy) is 2. The topological polar surface area (TPSA) is 153 Å². The first-order chi connectivity index (χ1) is 25.6. The van der Waals surface area contributed by atoms with Gasteiger partial charge in [-0.3, -0.25) is 9.78 Å². The van der Waals surface area contributed by atoms with Crippen LogP contribution in [0.2, 0.25) is 0 Å². The molecule has 3 fully saturated rings. The summed E-state index contributed by atoms with van der Waals surface area (Å²) in [7, 11) is 0. The molecule has 2 heterocycles. The van der Waals surface area contributed by atoms with Gasteiger partial charge in [0.2, 0.25) is 5.91 Å². The molecule has 288 valence electrons. The zero-order valence-corrected chi connectivity index (χ0v) is 31.3. The lowest BCUT2D eigenvalue weighted by Crippen LogP contribution is -2.53. The van der Waals surface area contributed by atoms with Crippen LogP contribution in [0.15, 0.2) is 60.9 Å². The van der Waals surface area contributed by atoms with Gasteiger partial charge in [-0.15, -0.1) is 0 Å². The highest BCUT2D eigenvalue weighted by Gasteiger charge is 2.45. The van der Waals surface area contributed by atoms with Crippen LogP contribution in [0.25, 0.3) is 11.1 Å². The maximum Gasteiger partial charge on any atom is 0.222 e. The van der Waals surface area contributed by atoms with Crippen LogP contribution in [-0.4, -0.2) is 104 Å². The molecule has 1 amide bonds. The minimum Gasteiger partial charge on any atom is -0.490 e. The summed E-state index contributed by atoms with van der Waals surface area (Å²) in [5.74, 6) is 1.08. The van der Waals surface area contributed by atoms with Crippen molar-refractivity contribution in [1.82, 2.24) is 9.88 Å². The van der Waals surface area contributed by atoms with Gasteiger partial charge in [-0.25, -0.2) is 0 Å². The number of hydrogen-bond donors (Lipinski definition) is 5. The number of para-hydroxylation sites is 1. The zero-order chi connectivity index (χ0) is 37.5. The second-order valence-electron chi connectivity index (χ2n) is 15.7. The number of aliphatic hydroxyl groups is 5. The lowest BCUT2D eigenvalue weighted by atomic mass is 9.84. The van der Waals surface area contributed by atoms with Gasteiger partial charge in [0.25, 0.3) is 0 Å². The summed E-state index contributed by atoms with van der Waals surface area (Å²) in [6.07, 6.45) is 7.29. The van der Waals surface area contributed by atoms with Crippen molar-refractivity contribution in [2.75, 3.05) is 26.4 Å². The highest BCUT2D eigenvalue weighted by Crippen LogP contribution is 2.55. The van der Waals surface area contributed by atoms with Crippen molar-refractivity contribution in [3.8, 4) is 16.9 Å². The summed E-state index contributed by atoms with van der Waals surface area (Å²) in [6, 6.07) is 17.1. The van der Waals surface area contributed by atoms with E-state index in [-0.39, 0.29) is 36.2 Å². The standard InChI is InChI=1S/C43H58N2O8/c1-28(6-5-9-40(49)45(32-16-22-52-23-17-32)26-37(47)41(50)42(51)38(48)27-46)30-11-10-29(2)31(24-30)14-18-43(19-20-43)36-25-44-21-15-34(36)35-7-3-4-8-39(35)53-33-12-13-33/h3-4,7-8,10-11,15,21,24-25,28,32-33,37-38,41-42,46-48,50-51H,5-6,9,12-14,16-20,22-23,26-27H2,1-2H3/t28?,37-,38+,41+,42+/m0/s1. The van der Waals surface area contributed by atoms with Crippen LogP contribution in [0.5, 0.6) is 5.75 Å². The third kappa shape index (κ3) is 9.84. The summed E-state index contributed by atoms with van der Waals surface area (Å²) < 4.78 is 11.8. The van der Waals surface area contributed by atoms with Gasteiger partial charge in [-0.05, 0) is 122 Å². The Balaban J connectivity index is 1.07. The molecule has 6 rings (SSSR count). The Morgan fingerprint density at radius 1 is 0.981 bits per heavy atom. The van der Waals surface area contributed by atoms with Crippen molar-refractivity contribution >= 4 is 5.91 Å². The molecule has 5 N–H and O–H groups in total. The van der Waals surface area contributed by atoms with Crippen molar-refractivity contribution in [2.45, 2.75) is 132 Å². The normalized spacial score (nSPS) is 19.9. The third-order valence-corrected chi connectivity index (χ3v) is 11.7. The lowest BCUT2D eigenvalue weighted by molar-refractivity contribution is -0.145. The smallest absolute Gasteiger partial charge is 0.222 e. The van der Waals surface area contributed by atoms with E-state index >= 15 is 0 Å². The van der Waals surface area contributed by atoms with E-state index in [9.17, 15) is 25.2 Å². The Morgan fingerprint density at radius 3 is 2.43 bits per heavy atom. The molecule has 3 aliphatic rings. The number of pyridine rings is 1. The molecule has 1 aromatic heterocycles. The predicted molar refractivity (Wildman–Crippen MR) is 203 cm³/mol. The fourth-order valence-corrected chi connectivity index (χ4v) is 7.85. The highest BCUT2D eigenvalue weighted by atomic mass is 16.5. The molecule has 53 heavy (non-hydrogen) atoms. The number of aliphatic hydroxyl groups excluding tert-OH is 5. The number of rotatable bonds is 19. The fraction of sp³-hybridized carbons (Fsp3) is 0.581. The van der Waals surface area contributed by atoms with E-state index in [0.29, 0.717) is 38.6 Å². The number of hydrogen-bond acceptors (Lipinski definition) is 9. The molecule has 5 atom stereocenters. The quantitative estimate of drug-likeness (QED) is 0.115. The van der Waals surface area contributed by atoms with Gasteiger partial charge in [-0.1, -0.05) is 43.3 Å². The molecule has 0 spiro atoms. The van der Waals surface area contributed by atoms with Crippen molar-refractivity contribution < 1.29 is 39.8 Å². The van der Waals surface area contributed by atoms with Crippen molar-refractivity contribution in [3.63, 3.8) is 0 Å². The molecular formula is C43H58N2O8. The Morgan fingerprint density at radius 2 is 1.72 bits per heavy atom. The van der Waals surface area contributed by atoms with Gasteiger partial charge in [0.05, 0.1) is 12.7 Å². The van der Waals surface area contributed by atoms with Gasteiger partial charge in [0.1, 0.15) is 30.2 Å². The second-order valence-corrected chi connectivity index (χ2v) is 15.7. The van der Waals surface area contributed by atoms with Crippen LogP contribution in [-0.2, 0) is 21.4 Å². The molecule has 10 nitrogen and oxygen atoms in total. The van der Waals surface area contributed by atoms with Crippen molar-refractivity contribution in [3.05, 3.63) is 83.2 Å².